The average molecular weight is 323 g/mol. The second kappa shape index (κ2) is 5.97. The van der Waals surface area contributed by atoms with Crippen molar-refractivity contribution >= 4 is 35.1 Å². The van der Waals surface area contributed by atoms with Crippen LogP contribution >= 0.6 is 0 Å². The fourth-order valence-electron chi connectivity index (χ4n) is 1.57. The Morgan fingerprint density at radius 1 is 1.30 bits per heavy atom. The number of aromatic carboxylic acids is 1. The van der Waals surface area contributed by atoms with E-state index in [0.29, 0.717) is 0 Å². The molecule has 12 heteroatoms. The molecule has 0 radical (unpaired) electrons. The normalized spacial score (nSPS) is 10.1. The summed E-state index contributed by atoms with van der Waals surface area (Å²) in [6, 6.07) is -0.191. The summed E-state index contributed by atoms with van der Waals surface area (Å²) in [4.78, 5) is 43.0. The fourth-order valence-corrected chi connectivity index (χ4v) is 1.57. The van der Waals surface area contributed by atoms with E-state index < -0.39 is 29.1 Å². The number of amides is 2. The minimum Gasteiger partial charge on any atom is -0.476 e. The molecule has 0 aliphatic rings. The molecule has 120 valence electrons. The zero-order valence-electron chi connectivity index (χ0n) is 11.3. The van der Waals surface area contributed by atoms with Gasteiger partial charge in [-0.25, -0.2) is 19.0 Å². The number of nitrogens with two attached hydrogens (primary N) is 2. The average Bonchev–Trinajstić information content (AvgIpc) is 2.42. The molecule has 0 fully saturated rings. The van der Waals surface area contributed by atoms with Crippen LogP contribution in [0.3, 0.4) is 0 Å². The van der Waals surface area contributed by atoms with Gasteiger partial charge in [0.25, 0.3) is 5.56 Å². The Labute approximate surface area is 126 Å². The van der Waals surface area contributed by atoms with Crippen molar-refractivity contribution in [2.75, 3.05) is 22.1 Å². The minimum absolute atomic E-state index is 0.136. The molecule has 2 aromatic heterocycles. The van der Waals surface area contributed by atoms with Crippen LogP contribution < -0.4 is 27.7 Å². The number of halogens is 1. The lowest BCUT2D eigenvalue weighted by atomic mass is 10.3. The fraction of sp³-hybridized carbons (Fsp3) is 0. The van der Waals surface area contributed by atoms with Gasteiger partial charge in [0.15, 0.2) is 23.0 Å². The van der Waals surface area contributed by atoms with Crippen LogP contribution in [0.5, 0.6) is 0 Å². The van der Waals surface area contributed by atoms with Gasteiger partial charge in [0.1, 0.15) is 0 Å². The molecule has 0 atom stereocenters. The van der Waals surface area contributed by atoms with Gasteiger partial charge in [0.2, 0.25) is 5.95 Å². The molecular formula is C11H10FN7O4. The molecule has 0 aliphatic heterocycles. The van der Waals surface area contributed by atoms with Gasteiger partial charge in [-0.1, -0.05) is 0 Å². The van der Waals surface area contributed by atoms with Gasteiger partial charge < -0.3 is 21.9 Å². The molecule has 0 spiro atoms. The number of aromatic amines is 1. The van der Waals surface area contributed by atoms with Crippen LogP contribution in [0.15, 0.2) is 17.1 Å². The van der Waals surface area contributed by atoms with Crippen LogP contribution in [0.25, 0.3) is 0 Å². The van der Waals surface area contributed by atoms with Crippen molar-refractivity contribution in [1.29, 1.82) is 0 Å². The third kappa shape index (κ3) is 3.49. The van der Waals surface area contributed by atoms with E-state index in [9.17, 15) is 18.8 Å². The minimum atomic E-state index is -1.55. The number of pyridine rings is 1. The summed E-state index contributed by atoms with van der Waals surface area (Å²) in [5, 5.41) is 12.9. The summed E-state index contributed by atoms with van der Waals surface area (Å²) in [5.41, 5.74) is 8.65. The maximum absolute atomic E-state index is 13.4. The number of carbonyl (C=O) groups excluding carboxylic acids is 1. The van der Waals surface area contributed by atoms with Crippen LogP contribution in [-0.4, -0.2) is 32.1 Å². The second-order valence-electron chi connectivity index (χ2n) is 4.15. The van der Waals surface area contributed by atoms with Gasteiger partial charge in [-0.05, 0) is 0 Å². The first-order valence-electron chi connectivity index (χ1n) is 5.90. The molecule has 8 N–H and O–H groups in total. The predicted octanol–water partition coefficient (Wildman–Crippen LogP) is -0.189. The van der Waals surface area contributed by atoms with Crippen LogP contribution in [0.1, 0.15) is 10.5 Å². The number of carboxylic acid groups (broad SMARTS) is 1. The van der Waals surface area contributed by atoms with E-state index in [-0.39, 0.29) is 23.1 Å². The third-order valence-corrected chi connectivity index (χ3v) is 2.51. The number of rotatable bonds is 3. The third-order valence-electron chi connectivity index (χ3n) is 2.51. The Morgan fingerprint density at radius 3 is 2.57 bits per heavy atom. The van der Waals surface area contributed by atoms with Gasteiger partial charge in [-0.15, -0.1) is 0 Å². The van der Waals surface area contributed by atoms with Gasteiger partial charge in [-0.3, -0.25) is 15.1 Å². The largest absolute Gasteiger partial charge is 0.476 e. The molecule has 0 bridgehead atoms. The maximum atomic E-state index is 13.4. The number of urea groups is 1. The van der Waals surface area contributed by atoms with Crippen molar-refractivity contribution in [1.82, 2.24) is 15.0 Å². The molecule has 0 saturated heterocycles. The van der Waals surface area contributed by atoms with Crippen molar-refractivity contribution < 1.29 is 19.1 Å². The number of anilines is 4. The summed E-state index contributed by atoms with van der Waals surface area (Å²) >= 11 is 0. The van der Waals surface area contributed by atoms with E-state index in [0.717, 1.165) is 12.3 Å². The van der Waals surface area contributed by atoms with Crippen molar-refractivity contribution in [3.63, 3.8) is 0 Å². The van der Waals surface area contributed by atoms with Gasteiger partial charge in [0.05, 0.1) is 11.9 Å². The summed E-state index contributed by atoms with van der Waals surface area (Å²) < 4.78 is 13.4. The number of nitrogens with zero attached hydrogens (tertiary/aromatic N) is 2. The number of aromatic nitrogens is 3. The Kier molecular flexibility index (Phi) is 4.07. The maximum Gasteiger partial charge on any atom is 0.357 e. The lowest BCUT2D eigenvalue weighted by molar-refractivity contribution is 0.0685. The van der Waals surface area contributed by atoms with E-state index in [4.69, 9.17) is 16.6 Å². The second-order valence-corrected chi connectivity index (χ2v) is 4.15. The number of carbonyl (C=O) groups is 2. The Hall–Kier alpha value is -3.70. The van der Waals surface area contributed by atoms with Gasteiger partial charge >= 0.3 is 12.0 Å². The van der Waals surface area contributed by atoms with E-state index in [1.54, 1.807) is 0 Å². The van der Waals surface area contributed by atoms with E-state index >= 15 is 0 Å². The predicted molar refractivity (Wildman–Crippen MR) is 77.5 cm³/mol. The number of nitrogens with one attached hydrogen (secondary N) is 3. The summed E-state index contributed by atoms with van der Waals surface area (Å²) in [7, 11) is 0. The molecule has 2 aromatic rings. The van der Waals surface area contributed by atoms with Crippen molar-refractivity contribution in [3.05, 3.63) is 34.1 Å². The highest BCUT2D eigenvalue weighted by Crippen LogP contribution is 2.13. The molecule has 2 rings (SSSR count). The van der Waals surface area contributed by atoms with Gasteiger partial charge in [0, 0.05) is 6.07 Å². The lowest BCUT2D eigenvalue weighted by Crippen LogP contribution is -2.27. The first kappa shape index (κ1) is 15.7. The Morgan fingerprint density at radius 2 is 2.00 bits per heavy atom. The monoisotopic (exact) mass is 323 g/mol. The molecule has 0 aliphatic carbocycles. The smallest absolute Gasteiger partial charge is 0.357 e. The van der Waals surface area contributed by atoms with Crippen LogP contribution in [0.4, 0.5) is 32.3 Å². The molecule has 0 saturated carbocycles. The van der Waals surface area contributed by atoms with Crippen LogP contribution in [-0.2, 0) is 0 Å². The Bertz CT molecular complexity index is 851. The Balaban J connectivity index is 2.16. The standard InChI is InChI=1S/C11H10FN7O4/c12-4-1-3(2-15-5(4)9(21)22)16-11(23)17-6-7(13)18-10(14)19-8(6)20/h1-2H,(H,21,22)(H2,16,17,23)(H5,13,14,18,19,20). The number of hydrogen-bond acceptors (Lipinski definition) is 7. The number of nitrogen functional groups attached to an aromatic ring is 2. The number of carboxylic acids is 1. The highest BCUT2D eigenvalue weighted by Gasteiger charge is 2.15. The highest BCUT2D eigenvalue weighted by atomic mass is 19.1. The molecule has 0 aromatic carbocycles. The molecule has 11 nitrogen and oxygen atoms in total. The summed E-state index contributed by atoms with van der Waals surface area (Å²) in [6.45, 7) is 0. The van der Waals surface area contributed by atoms with Crippen molar-refractivity contribution in [3.8, 4) is 0 Å². The van der Waals surface area contributed by atoms with E-state index in [1.165, 1.54) is 0 Å². The lowest BCUT2D eigenvalue weighted by Gasteiger charge is -2.09. The topological polar surface area (TPSA) is 189 Å². The van der Waals surface area contributed by atoms with E-state index in [2.05, 4.69) is 25.6 Å². The van der Waals surface area contributed by atoms with Gasteiger partial charge in [-0.2, -0.15) is 4.98 Å². The molecule has 2 amide bonds. The zero-order valence-corrected chi connectivity index (χ0v) is 11.3. The molecule has 23 heavy (non-hydrogen) atoms. The van der Waals surface area contributed by atoms with Crippen molar-refractivity contribution in [2.24, 2.45) is 0 Å². The quantitative estimate of drug-likeness (QED) is 0.448. The van der Waals surface area contributed by atoms with Crippen LogP contribution in [0.2, 0.25) is 0 Å². The molecule has 2 heterocycles. The molecule has 0 unspecified atom stereocenters. The first-order chi connectivity index (χ1) is 10.8. The van der Waals surface area contributed by atoms with Crippen molar-refractivity contribution in [2.45, 2.75) is 0 Å². The van der Waals surface area contributed by atoms with E-state index in [1.807, 2.05) is 0 Å². The summed E-state index contributed by atoms with van der Waals surface area (Å²) in [5.74, 6) is -3.23. The SMILES string of the molecule is Nc1nc(N)c(NC(=O)Nc2cnc(C(=O)O)c(F)c2)c(=O)[nH]1. The zero-order chi connectivity index (χ0) is 17.1. The number of H-pyrrole nitrogens is 1. The highest BCUT2D eigenvalue weighted by molar-refractivity contribution is 6.01. The molecular weight excluding hydrogens is 313 g/mol. The summed E-state index contributed by atoms with van der Waals surface area (Å²) in [6.07, 6.45) is 0.931. The number of hydrogen-bond donors (Lipinski definition) is 6. The first-order valence-corrected chi connectivity index (χ1v) is 5.90. The van der Waals surface area contributed by atoms with Crippen LogP contribution in [0, 0.1) is 5.82 Å².